The number of hydrogen-bond donors (Lipinski definition) is 1. The Morgan fingerprint density at radius 1 is 1.32 bits per heavy atom. The summed E-state index contributed by atoms with van der Waals surface area (Å²) in [5.74, 6) is 0.833. The van der Waals surface area contributed by atoms with Crippen molar-refractivity contribution >= 4 is 16.6 Å². The highest BCUT2D eigenvalue weighted by molar-refractivity contribution is 5.94. The molecule has 0 radical (unpaired) electrons. The lowest BCUT2D eigenvalue weighted by atomic mass is 10.0. The third-order valence-corrected chi connectivity index (χ3v) is 5.04. The SMILES string of the molecule is CC[C@@H]1COc2c(ccc3[nH]c(=O)cc(C(F)(F)F)c23)N1CC1CC1. The van der Waals surface area contributed by atoms with Gasteiger partial charge in [0.15, 0.2) is 5.75 Å². The normalized spacial score (nSPS) is 20.5. The van der Waals surface area contributed by atoms with E-state index in [1.807, 2.05) is 0 Å². The molecule has 25 heavy (non-hydrogen) atoms. The van der Waals surface area contributed by atoms with Gasteiger partial charge in [-0.1, -0.05) is 6.92 Å². The van der Waals surface area contributed by atoms with Gasteiger partial charge in [0.1, 0.15) is 6.61 Å². The van der Waals surface area contributed by atoms with Crippen LogP contribution < -0.4 is 15.2 Å². The van der Waals surface area contributed by atoms with Gasteiger partial charge in [-0.2, -0.15) is 13.2 Å². The number of fused-ring (bicyclic) bond motifs is 3. The molecule has 134 valence electrons. The zero-order valence-electron chi connectivity index (χ0n) is 13.8. The molecular weight excluding hydrogens is 333 g/mol. The Labute approximate surface area is 142 Å². The molecule has 7 heteroatoms. The maximum absolute atomic E-state index is 13.5. The number of alkyl halides is 3. The zero-order valence-corrected chi connectivity index (χ0v) is 13.8. The topological polar surface area (TPSA) is 45.3 Å². The van der Waals surface area contributed by atoms with Crippen molar-refractivity contribution in [1.29, 1.82) is 0 Å². The lowest BCUT2D eigenvalue weighted by Gasteiger charge is -2.39. The Hall–Kier alpha value is -2.18. The molecule has 0 amide bonds. The van der Waals surface area contributed by atoms with E-state index >= 15 is 0 Å². The molecule has 2 aliphatic rings. The molecular formula is C18H19F3N2O2. The lowest BCUT2D eigenvalue weighted by molar-refractivity contribution is -0.136. The van der Waals surface area contributed by atoms with Gasteiger partial charge in [0, 0.05) is 12.6 Å². The molecule has 1 aliphatic heterocycles. The summed E-state index contributed by atoms with van der Waals surface area (Å²) in [6.45, 7) is 3.25. The van der Waals surface area contributed by atoms with Gasteiger partial charge >= 0.3 is 6.18 Å². The van der Waals surface area contributed by atoms with Crippen LogP contribution in [0.3, 0.4) is 0 Å². The molecule has 1 aromatic heterocycles. The molecule has 2 aromatic rings. The lowest BCUT2D eigenvalue weighted by Crippen LogP contribution is -2.44. The van der Waals surface area contributed by atoms with Gasteiger partial charge in [0.2, 0.25) is 5.56 Å². The molecule has 0 unspecified atom stereocenters. The number of aromatic amines is 1. The number of aromatic nitrogens is 1. The first kappa shape index (κ1) is 16.3. The van der Waals surface area contributed by atoms with Crippen LogP contribution in [0.1, 0.15) is 31.7 Å². The number of rotatable bonds is 3. The van der Waals surface area contributed by atoms with Crippen LogP contribution in [0.25, 0.3) is 10.9 Å². The molecule has 1 saturated carbocycles. The van der Waals surface area contributed by atoms with Crippen molar-refractivity contribution in [3.63, 3.8) is 0 Å². The molecule has 1 atom stereocenters. The van der Waals surface area contributed by atoms with Crippen LogP contribution in [-0.4, -0.2) is 24.2 Å². The second kappa shape index (κ2) is 5.68. The second-order valence-electron chi connectivity index (χ2n) is 6.85. The summed E-state index contributed by atoms with van der Waals surface area (Å²) >= 11 is 0. The number of anilines is 1. The van der Waals surface area contributed by atoms with E-state index in [9.17, 15) is 18.0 Å². The Balaban J connectivity index is 1.94. The summed E-state index contributed by atoms with van der Waals surface area (Å²) in [6, 6.07) is 4.08. The van der Waals surface area contributed by atoms with Crippen LogP contribution in [0, 0.1) is 5.92 Å². The minimum Gasteiger partial charge on any atom is -0.489 e. The van der Waals surface area contributed by atoms with Crippen molar-refractivity contribution in [2.24, 2.45) is 5.92 Å². The maximum atomic E-state index is 13.5. The van der Waals surface area contributed by atoms with Gasteiger partial charge in [0.25, 0.3) is 0 Å². The Morgan fingerprint density at radius 2 is 2.08 bits per heavy atom. The van der Waals surface area contributed by atoms with E-state index < -0.39 is 17.3 Å². The van der Waals surface area contributed by atoms with Crippen molar-refractivity contribution in [2.75, 3.05) is 18.1 Å². The second-order valence-corrected chi connectivity index (χ2v) is 6.85. The van der Waals surface area contributed by atoms with Crippen molar-refractivity contribution < 1.29 is 17.9 Å². The van der Waals surface area contributed by atoms with Gasteiger partial charge in [0.05, 0.1) is 28.2 Å². The largest absolute Gasteiger partial charge is 0.489 e. The minimum absolute atomic E-state index is 0.0556. The van der Waals surface area contributed by atoms with E-state index in [-0.39, 0.29) is 22.7 Å². The Kier molecular flexibility index (Phi) is 3.70. The van der Waals surface area contributed by atoms with Gasteiger partial charge < -0.3 is 14.6 Å². The van der Waals surface area contributed by atoms with E-state index in [1.165, 1.54) is 0 Å². The Morgan fingerprint density at radius 3 is 2.72 bits per heavy atom. The van der Waals surface area contributed by atoms with Crippen LogP contribution in [0.4, 0.5) is 18.9 Å². The van der Waals surface area contributed by atoms with Crippen LogP contribution >= 0.6 is 0 Å². The van der Waals surface area contributed by atoms with Gasteiger partial charge in [-0.25, -0.2) is 0 Å². The number of hydrogen-bond acceptors (Lipinski definition) is 3. The van der Waals surface area contributed by atoms with Crippen LogP contribution in [0.5, 0.6) is 5.75 Å². The molecule has 1 N–H and O–H groups in total. The van der Waals surface area contributed by atoms with E-state index in [0.29, 0.717) is 24.3 Å². The predicted molar refractivity (Wildman–Crippen MR) is 89.2 cm³/mol. The third-order valence-electron chi connectivity index (χ3n) is 5.04. The highest BCUT2D eigenvalue weighted by atomic mass is 19.4. The fraction of sp³-hybridized carbons (Fsp3) is 0.500. The van der Waals surface area contributed by atoms with Gasteiger partial charge in [-0.3, -0.25) is 4.79 Å². The average molecular weight is 352 g/mol. The number of benzene rings is 1. The highest BCUT2D eigenvalue weighted by Crippen LogP contribution is 2.46. The summed E-state index contributed by atoms with van der Waals surface area (Å²) < 4.78 is 46.3. The molecule has 1 fully saturated rings. The first-order valence-corrected chi connectivity index (χ1v) is 8.55. The number of nitrogens with one attached hydrogen (secondary N) is 1. The molecule has 0 bridgehead atoms. The standard InChI is InChI=1S/C18H19F3N2O2/c1-2-11-9-25-17-14(23(11)8-10-3-4-10)6-5-13-16(17)12(18(19,20)21)7-15(24)22-13/h5-7,10-11H,2-4,8-9H2,1H3,(H,22,24)/t11-/m1/s1. The van der Waals surface area contributed by atoms with Crippen LogP contribution in [0.15, 0.2) is 23.0 Å². The minimum atomic E-state index is -4.62. The molecule has 0 spiro atoms. The molecule has 1 aromatic carbocycles. The zero-order chi connectivity index (χ0) is 17.8. The highest BCUT2D eigenvalue weighted by Gasteiger charge is 2.38. The molecule has 4 nitrogen and oxygen atoms in total. The molecule has 1 aliphatic carbocycles. The fourth-order valence-electron chi connectivity index (χ4n) is 3.54. The molecule has 0 saturated heterocycles. The van der Waals surface area contributed by atoms with Gasteiger partial charge in [-0.15, -0.1) is 0 Å². The van der Waals surface area contributed by atoms with Crippen LogP contribution in [0.2, 0.25) is 0 Å². The number of halogens is 3. The first-order chi connectivity index (χ1) is 11.9. The van der Waals surface area contributed by atoms with Crippen molar-refractivity contribution in [3.8, 4) is 5.75 Å². The third kappa shape index (κ3) is 2.85. The summed E-state index contributed by atoms with van der Waals surface area (Å²) in [4.78, 5) is 16.3. The van der Waals surface area contributed by atoms with Crippen molar-refractivity contribution in [1.82, 2.24) is 4.98 Å². The van der Waals surface area contributed by atoms with E-state index in [2.05, 4.69) is 16.8 Å². The maximum Gasteiger partial charge on any atom is 0.417 e. The number of ether oxygens (including phenoxy) is 1. The van der Waals surface area contributed by atoms with E-state index in [1.54, 1.807) is 12.1 Å². The quantitative estimate of drug-likeness (QED) is 0.910. The molecule has 4 rings (SSSR count). The van der Waals surface area contributed by atoms with E-state index in [0.717, 1.165) is 25.8 Å². The summed E-state index contributed by atoms with van der Waals surface area (Å²) in [5.41, 5.74) is -0.865. The average Bonchev–Trinajstić information content (AvgIpc) is 3.37. The predicted octanol–water partition coefficient (Wildman–Crippen LogP) is 3.93. The number of pyridine rings is 1. The number of nitrogens with zero attached hydrogens (tertiary/aromatic N) is 1. The first-order valence-electron chi connectivity index (χ1n) is 8.55. The van der Waals surface area contributed by atoms with Crippen molar-refractivity contribution in [2.45, 2.75) is 38.4 Å². The van der Waals surface area contributed by atoms with E-state index in [4.69, 9.17) is 4.74 Å². The summed E-state index contributed by atoms with van der Waals surface area (Å²) in [7, 11) is 0. The monoisotopic (exact) mass is 352 g/mol. The smallest absolute Gasteiger partial charge is 0.417 e. The summed E-state index contributed by atoms with van der Waals surface area (Å²) in [5, 5.41) is -0.0556. The van der Waals surface area contributed by atoms with Crippen LogP contribution in [-0.2, 0) is 6.18 Å². The van der Waals surface area contributed by atoms with Crippen molar-refractivity contribution in [3.05, 3.63) is 34.1 Å². The summed E-state index contributed by atoms with van der Waals surface area (Å²) in [6.07, 6.45) is -1.43. The number of H-pyrrole nitrogens is 1. The van der Waals surface area contributed by atoms with Gasteiger partial charge in [-0.05, 0) is 37.3 Å². The molecule has 2 heterocycles. The fourth-order valence-corrected chi connectivity index (χ4v) is 3.54. The Bertz CT molecular complexity index is 871.